The van der Waals surface area contributed by atoms with Gasteiger partial charge in [0.05, 0.1) is 11.8 Å². The molecule has 0 aliphatic heterocycles. The third kappa shape index (κ3) is 4.27. The first-order chi connectivity index (χ1) is 10.5. The van der Waals surface area contributed by atoms with Crippen molar-refractivity contribution in [3.8, 4) is 0 Å². The van der Waals surface area contributed by atoms with Crippen LogP contribution in [0.15, 0.2) is 18.2 Å². The van der Waals surface area contributed by atoms with Gasteiger partial charge in [-0.15, -0.1) is 0 Å². The highest BCUT2D eigenvalue weighted by Crippen LogP contribution is 2.27. The summed E-state index contributed by atoms with van der Waals surface area (Å²) in [5.74, 6) is -1.17. The van der Waals surface area contributed by atoms with E-state index in [1.165, 1.54) is 19.1 Å². The Hall–Kier alpha value is -1.95. The number of hydrogen-bond donors (Lipinski definition) is 3. The molecule has 1 aliphatic rings. The van der Waals surface area contributed by atoms with E-state index in [0.29, 0.717) is 0 Å². The van der Waals surface area contributed by atoms with E-state index in [-0.39, 0.29) is 23.7 Å². The number of halogens is 1. The lowest BCUT2D eigenvalue weighted by molar-refractivity contribution is -0.114. The van der Waals surface area contributed by atoms with Crippen LogP contribution in [0.3, 0.4) is 0 Å². The largest absolute Gasteiger partial charge is 0.391 e. The number of aliphatic hydroxyl groups excluding tert-OH is 1. The van der Waals surface area contributed by atoms with E-state index in [2.05, 4.69) is 10.6 Å². The van der Waals surface area contributed by atoms with Crippen LogP contribution in [-0.4, -0.2) is 29.6 Å². The maximum Gasteiger partial charge on any atom is 0.251 e. The maximum absolute atomic E-state index is 13.5. The second-order valence-electron chi connectivity index (χ2n) is 5.70. The summed E-state index contributed by atoms with van der Waals surface area (Å²) in [7, 11) is 0. The predicted molar refractivity (Wildman–Crippen MR) is 81.0 cm³/mol. The number of rotatable bonds is 5. The predicted octanol–water partition coefficient (Wildman–Crippen LogP) is 2.06. The SMILES string of the molecule is CC(=O)Nc1cc(C(=O)NCC(O)C2CCCC2)ccc1F. The van der Waals surface area contributed by atoms with Gasteiger partial charge in [-0.25, -0.2) is 4.39 Å². The van der Waals surface area contributed by atoms with Crippen LogP contribution < -0.4 is 10.6 Å². The quantitative estimate of drug-likeness (QED) is 0.779. The summed E-state index contributed by atoms with van der Waals surface area (Å²) in [5.41, 5.74) is 0.209. The first-order valence-electron chi connectivity index (χ1n) is 7.51. The minimum atomic E-state index is -0.599. The molecule has 0 bridgehead atoms. The highest BCUT2D eigenvalue weighted by atomic mass is 19.1. The molecular formula is C16H21FN2O3. The Morgan fingerprint density at radius 1 is 1.36 bits per heavy atom. The van der Waals surface area contributed by atoms with E-state index < -0.39 is 23.7 Å². The molecule has 0 radical (unpaired) electrons. The number of carbonyl (C=O) groups is 2. The van der Waals surface area contributed by atoms with Crippen LogP contribution in [0.1, 0.15) is 43.0 Å². The third-order valence-electron chi connectivity index (χ3n) is 3.95. The first-order valence-corrected chi connectivity index (χ1v) is 7.51. The highest BCUT2D eigenvalue weighted by molar-refractivity contribution is 5.96. The van der Waals surface area contributed by atoms with Crippen molar-refractivity contribution < 1.29 is 19.1 Å². The Labute approximate surface area is 128 Å². The third-order valence-corrected chi connectivity index (χ3v) is 3.95. The lowest BCUT2D eigenvalue weighted by Crippen LogP contribution is -2.35. The number of aliphatic hydroxyl groups is 1. The van der Waals surface area contributed by atoms with E-state index >= 15 is 0 Å². The van der Waals surface area contributed by atoms with Crippen LogP contribution in [0, 0.1) is 11.7 Å². The van der Waals surface area contributed by atoms with Gasteiger partial charge in [0.1, 0.15) is 5.82 Å². The Balaban J connectivity index is 1.95. The van der Waals surface area contributed by atoms with E-state index in [4.69, 9.17) is 0 Å². The molecule has 0 heterocycles. The molecule has 0 aromatic heterocycles. The zero-order chi connectivity index (χ0) is 16.1. The Morgan fingerprint density at radius 2 is 2.05 bits per heavy atom. The molecule has 1 atom stereocenters. The van der Waals surface area contributed by atoms with Crippen molar-refractivity contribution in [2.24, 2.45) is 5.92 Å². The standard InChI is InChI=1S/C16H21FN2O3/c1-10(20)19-14-8-12(6-7-13(14)17)16(22)18-9-15(21)11-4-2-3-5-11/h6-8,11,15,21H,2-5,9H2,1H3,(H,18,22)(H,19,20). The fourth-order valence-corrected chi connectivity index (χ4v) is 2.76. The summed E-state index contributed by atoms with van der Waals surface area (Å²) in [6.07, 6.45) is 3.66. The number of carbonyl (C=O) groups excluding carboxylic acids is 2. The average molecular weight is 308 g/mol. The first kappa shape index (κ1) is 16.4. The molecule has 0 spiro atoms. The van der Waals surface area contributed by atoms with Gasteiger partial charge in [0.25, 0.3) is 5.91 Å². The van der Waals surface area contributed by atoms with Gasteiger partial charge in [0, 0.05) is 19.0 Å². The lowest BCUT2D eigenvalue weighted by Gasteiger charge is -2.18. The minimum absolute atomic E-state index is 0.0310. The average Bonchev–Trinajstić information content (AvgIpc) is 3.00. The second kappa shape index (κ2) is 7.35. The fourth-order valence-electron chi connectivity index (χ4n) is 2.76. The van der Waals surface area contributed by atoms with Gasteiger partial charge in [-0.1, -0.05) is 12.8 Å². The monoisotopic (exact) mass is 308 g/mol. The van der Waals surface area contributed by atoms with Gasteiger partial charge in [-0.05, 0) is 37.0 Å². The molecule has 1 aliphatic carbocycles. The van der Waals surface area contributed by atoms with Gasteiger partial charge in [-0.2, -0.15) is 0 Å². The van der Waals surface area contributed by atoms with Crippen molar-refractivity contribution >= 4 is 17.5 Å². The maximum atomic E-state index is 13.5. The molecule has 3 N–H and O–H groups in total. The fraction of sp³-hybridized carbons (Fsp3) is 0.500. The van der Waals surface area contributed by atoms with Crippen LogP contribution in [0.2, 0.25) is 0 Å². The van der Waals surface area contributed by atoms with Crippen LogP contribution in [0.4, 0.5) is 10.1 Å². The summed E-state index contributed by atoms with van der Waals surface area (Å²) in [6.45, 7) is 1.44. The summed E-state index contributed by atoms with van der Waals surface area (Å²) < 4.78 is 13.5. The molecule has 120 valence electrons. The normalized spacial score (nSPS) is 16.3. The molecule has 2 amide bonds. The molecule has 1 aromatic carbocycles. The molecule has 1 saturated carbocycles. The summed E-state index contributed by atoms with van der Waals surface area (Å²) in [5, 5.41) is 15.0. The second-order valence-corrected chi connectivity index (χ2v) is 5.70. The minimum Gasteiger partial charge on any atom is -0.391 e. The molecule has 22 heavy (non-hydrogen) atoms. The summed E-state index contributed by atoms with van der Waals surface area (Å²) in [6, 6.07) is 3.76. The van der Waals surface area contributed by atoms with Crippen LogP contribution in [-0.2, 0) is 4.79 Å². The molecule has 1 aromatic rings. The number of nitrogens with one attached hydrogen (secondary N) is 2. The lowest BCUT2D eigenvalue weighted by atomic mass is 10.0. The van der Waals surface area contributed by atoms with Crippen LogP contribution in [0.5, 0.6) is 0 Å². The zero-order valence-electron chi connectivity index (χ0n) is 12.6. The van der Waals surface area contributed by atoms with E-state index in [1.807, 2.05) is 0 Å². The van der Waals surface area contributed by atoms with Crippen molar-refractivity contribution in [1.82, 2.24) is 5.32 Å². The molecular weight excluding hydrogens is 287 g/mol. The molecule has 5 nitrogen and oxygen atoms in total. The van der Waals surface area contributed by atoms with Crippen molar-refractivity contribution in [1.29, 1.82) is 0 Å². The van der Waals surface area contributed by atoms with Gasteiger partial charge >= 0.3 is 0 Å². The number of anilines is 1. The van der Waals surface area contributed by atoms with Gasteiger partial charge in [0.2, 0.25) is 5.91 Å². The van der Waals surface area contributed by atoms with Gasteiger partial charge in [-0.3, -0.25) is 9.59 Å². The number of benzene rings is 1. The zero-order valence-corrected chi connectivity index (χ0v) is 12.6. The Bertz CT molecular complexity index is 556. The highest BCUT2D eigenvalue weighted by Gasteiger charge is 2.23. The van der Waals surface area contributed by atoms with Crippen LogP contribution >= 0.6 is 0 Å². The molecule has 0 saturated heterocycles. The summed E-state index contributed by atoms with van der Waals surface area (Å²) in [4.78, 5) is 23.1. The number of hydrogen-bond acceptors (Lipinski definition) is 3. The van der Waals surface area contributed by atoms with E-state index in [1.54, 1.807) is 0 Å². The topological polar surface area (TPSA) is 78.4 Å². The smallest absolute Gasteiger partial charge is 0.251 e. The van der Waals surface area contributed by atoms with Crippen molar-refractivity contribution in [2.75, 3.05) is 11.9 Å². The Kier molecular flexibility index (Phi) is 5.49. The Morgan fingerprint density at radius 3 is 2.68 bits per heavy atom. The van der Waals surface area contributed by atoms with Gasteiger partial charge < -0.3 is 15.7 Å². The molecule has 1 unspecified atom stereocenters. The molecule has 6 heteroatoms. The van der Waals surface area contributed by atoms with Gasteiger partial charge in [0.15, 0.2) is 0 Å². The number of amides is 2. The van der Waals surface area contributed by atoms with E-state index in [0.717, 1.165) is 31.7 Å². The van der Waals surface area contributed by atoms with Crippen molar-refractivity contribution in [3.63, 3.8) is 0 Å². The summed E-state index contributed by atoms with van der Waals surface area (Å²) >= 11 is 0. The van der Waals surface area contributed by atoms with Crippen LogP contribution in [0.25, 0.3) is 0 Å². The van der Waals surface area contributed by atoms with Crippen molar-refractivity contribution in [2.45, 2.75) is 38.7 Å². The molecule has 1 fully saturated rings. The van der Waals surface area contributed by atoms with Crippen molar-refractivity contribution in [3.05, 3.63) is 29.6 Å². The molecule has 2 rings (SSSR count). The van der Waals surface area contributed by atoms with E-state index in [9.17, 15) is 19.1 Å².